The van der Waals surface area contributed by atoms with E-state index in [-0.39, 0.29) is 18.1 Å². The van der Waals surface area contributed by atoms with Crippen LogP contribution in [0.25, 0.3) is 0 Å². The molecule has 2 aliphatic rings. The Kier molecular flexibility index (Phi) is 3.84. The van der Waals surface area contributed by atoms with E-state index >= 15 is 0 Å². The first kappa shape index (κ1) is 14.7. The number of anilines is 1. The smallest absolute Gasteiger partial charge is 0.322 e. The van der Waals surface area contributed by atoms with Gasteiger partial charge in [-0.3, -0.25) is 4.79 Å². The van der Waals surface area contributed by atoms with Gasteiger partial charge in [0.2, 0.25) is 0 Å². The Labute approximate surface area is 135 Å². The van der Waals surface area contributed by atoms with Crippen LogP contribution in [0.3, 0.4) is 0 Å². The Hall–Kier alpha value is -1.27. The fourth-order valence-corrected chi connectivity index (χ4v) is 3.86. The molecule has 3 rings (SSSR count). The molecule has 0 aliphatic carbocycles. The van der Waals surface area contributed by atoms with Crippen LogP contribution < -0.4 is 5.32 Å². The molecule has 0 spiro atoms. The summed E-state index contributed by atoms with van der Waals surface area (Å²) in [6.07, 6.45) is 2.18. The van der Waals surface area contributed by atoms with E-state index in [9.17, 15) is 14.7 Å². The van der Waals surface area contributed by atoms with Gasteiger partial charge >= 0.3 is 12.0 Å². The van der Waals surface area contributed by atoms with Crippen LogP contribution in [-0.4, -0.2) is 34.1 Å². The third kappa shape index (κ3) is 2.62. The van der Waals surface area contributed by atoms with Crippen molar-refractivity contribution in [2.45, 2.75) is 31.3 Å². The van der Waals surface area contributed by atoms with Gasteiger partial charge in [-0.15, -0.1) is 0 Å². The molecule has 0 radical (unpaired) electrons. The normalized spacial score (nSPS) is 27.0. The Morgan fingerprint density at radius 3 is 2.81 bits per heavy atom. The number of nitrogens with one attached hydrogen (secondary N) is 1. The van der Waals surface area contributed by atoms with Gasteiger partial charge in [0.05, 0.1) is 11.6 Å². The Morgan fingerprint density at radius 2 is 2.14 bits per heavy atom. The summed E-state index contributed by atoms with van der Waals surface area (Å²) in [6, 6.07) is 4.71. The first-order valence-electron chi connectivity index (χ1n) is 6.74. The van der Waals surface area contributed by atoms with Gasteiger partial charge in [0.1, 0.15) is 0 Å². The SMILES string of the molecule is O=C(O)C1CC2CCC1N2C(=O)Nc1cc(Cl)ccc1Br. The minimum Gasteiger partial charge on any atom is -0.481 e. The van der Waals surface area contributed by atoms with Crippen LogP contribution in [0.2, 0.25) is 5.02 Å². The zero-order valence-electron chi connectivity index (χ0n) is 11.1. The summed E-state index contributed by atoms with van der Waals surface area (Å²) in [7, 11) is 0. The van der Waals surface area contributed by atoms with Gasteiger partial charge in [-0.1, -0.05) is 11.6 Å². The molecule has 2 amide bonds. The molecule has 112 valence electrons. The monoisotopic (exact) mass is 372 g/mol. The number of urea groups is 1. The van der Waals surface area contributed by atoms with Crippen molar-refractivity contribution < 1.29 is 14.7 Å². The van der Waals surface area contributed by atoms with E-state index in [1.807, 2.05) is 0 Å². The quantitative estimate of drug-likeness (QED) is 0.832. The number of amides is 2. The number of fused-ring (bicyclic) bond motifs is 2. The Morgan fingerprint density at radius 1 is 1.38 bits per heavy atom. The average molecular weight is 374 g/mol. The van der Waals surface area contributed by atoms with Gasteiger partial charge in [0.15, 0.2) is 0 Å². The molecule has 5 nitrogen and oxygen atoms in total. The highest BCUT2D eigenvalue weighted by molar-refractivity contribution is 9.10. The number of halogens is 2. The van der Waals surface area contributed by atoms with Gasteiger partial charge < -0.3 is 15.3 Å². The number of benzene rings is 1. The van der Waals surface area contributed by atoms with Crippen LogP contribution in [0.5, 0.6) is 0 Å². The summed E-state index contributed by atoms with van der Waals surface area (Å²) in [5.41, 5.74) is 0.589. The molecule has 0 aromatic heterocycles. The molecule has 3 unspecified atom stereocenters. The summed E-state index contributed by atoms with van der Waals surface area (Å²) < 4.78 is 0.738. The number of hydrogen-bond acceptors (Lipinski definition) is 2. The standard InChI is InChI=1S/C14H14BrClN2O3/c15-10-3-1-7(16)5-11(10)17-14(21)18-8-2-4-12(18)9(6-8)13(19)20/h1,3,5,8-9,12H,2,4,6H2,(H,17,21)(H,19,20). The van der Waals surface area contributed by atoms with Gasteiger partial charge in [0, 0.05) is 21.6 Å². The van der Waals surface area contributed by atoms with Crippen LogP contribution in [-0.2, 0) is 4.79 Å². The molecule has 21 heavy (non-hydrogen) atoms. The molecule has 7 heteroatoms. The first-order valence-corrected chi connectivity index (χ1v) is 7.91. The highest BCUT2D eigenvalue weighted by Gasteiger charge is 2.51. The number of carboxylic acid groups (broad SMARTS) is 1. The number of carbonyl (C=O) groups is 2. The number of rotatable bonds is 2. The van der Waals surface area contributed by atoms with E-state index in [0.717, 1.165) is 17.3 Å². The van der Waals surface area contributed by atoms with Crippen molar-refractivity contribution in [3.8, 4) is 0 Å². The van der Waals surface area contributed by atoms with Gasteiger partial charge in [-0.05, 0) is 53.4 Å². The molecule has 0 saturated carbocycles. The van der Waals surface area contributed by atoms with E-state index < -0.39 is 11.9 Å². The van der Waals surface area contributed by atoms with Gasteiger partial charge in [0.25, 0.3) is 0 Å². The van der Waals surface area contributed by atoms with Crippen molar-refractivity contribution in [3.63, 3.8) is 0 Å². The molecule has 3 atom stereocenters. The van der Waals surface area contributed by atoms with Crippen LogP contribution >= 0.6 is 27.5 Å². The van der Waals surface area contributed by atoms with Crippen molar-refractivity contribution in [1.29, 1.82) is 0 Å². The minimum absolute atomic E-state index is 0.0223. The molecule has 1 aromatic rings. The van der Waals surface area contributed by atoms with Crippen LogP contribution in [0.1, 0.15) is 19.3 Å². The summed E-state index contributed by atoms with van der Waals surface area (Å²) in [4.78, 5) is 25.4. The number of aliphatic carboxylic acids is 1. The van der Waals surface area contributed by atoms with E-state index in [2.05, 4.69) is 21.2 Å². The van der Waals surface area contributed by atoms with E-state index in [1.165, 1.54) is 0 Å². The highest BCUT2D eigenvalue weighted by atomic mass is 79.9. The molecular weight excluding hydrogens is 360 g/mol. The molecular formula is C14H14BrClN2O3. The predicted octanol–water partition coefficient (Wildman–Crippen LogP) is 3.57. The van der Waals surface area contributed by atoms with Gasteiger partial charge in [-0.2, -0.15) is 0 Å². The van der Waals surface area contributed by atoms with E-state index in [1.54, 1.807) is 23.1 Å². The second kappa shape index (κ2) is 5.50. The average Bonchev–Trinajstić information content (AvgIpc) is 3.00. The van der Waals surface area contributed by atoms with Crippen molar-refractivity contribution in [2.75, 3.05) is 5.32 Å². The van der Waals surface area contributed by atoms with Gasteiger partial charge in [-0.25, -0.2) is 4.79 Å². The lowest BCUT2D eigenvalue weighted by molar-refractivity contribution is -0.142. The second-order valence-electron chi connectivity index (χ2n) is 5.44. The third-order valence-electron chi connectivity index (χ3n) is 4.26. The van der Waals surface area contributed by atoms with Crippen molar-refractivity contribution in [2.24, 2.45) is 5.92 Å². The van der Waals surface area contributed by atoms with E-state index in [0.29, 0.717) is 17.1 Å². The van der Waals surface area contributed by atoms with E-state index in [4.69, 9.17) is 11.6 Å². The largest absolute Gasteiger partial charge is 0.481 e. The maximum absolute atomic E-state index is 12.5. The number of carbonyl (C=O) groups excluding carboxylic acids is 1. The lowest BCUT2D eigenvalue weighted by Crippen LogP contribution is -2.40. The maximum atomic E-state index is 12.5. The summed E-state index contributed by atoms with van der Waals surface area (Å²) >= 11 is 9.29. The zero-order chi connectivity index (χ0) is 15.1. The molecule has 2 saturated heterocycles. The van der Waals surface area contributed by atoms with Crippen LogP contribution in [0.4, 0.5) is 10.5 Å². The molecule has 2 aliphatic heterocycles. The highest BCUT2D eigenvalue weighted by Crippen LogP contribution is 2.42. The number of hydrogen-bond donors (Lipinski definition) is 2. The minimum atomic E-state index is -0.816. The molecule has 2 N–H and O–H groups in total. The fraction of sp³-hybridized carbons (Fsp3) is 0.429. The molecule has 1 aromatic carbocycles. The molecule has 2 fully saturated rings. The maximum Gasteiger partial charge on any atom is 0.322 e. The number of nitrogens with zero attached hydrogens (tertiary/aromatic N) is 1. The lowest BCUT2D eigenvalue weighted by Gasteiger charge is -2.23. The molecule has 2 heterocycles. The summed E-state index contributed by atoms with van der Waals surface area (Å²) in [6.45, 7) is 0. The first-order chi connectivity index (χ1) is 9.97. The van der Waals surface area contributed by atoms with Crippen molar-refractivity contribution in [1.82, 2.24) is 4.90 Å². The summed E-state index contributed by atoms with van der Waals surface area (Å²) in [5, 5.41) is 12.6. The summed E-state index contributed by atoms with van der Waals surface area (Å²) in [5.74, 6) is -1.26. The van der Waals surface area contributed by atoms with Crippen molar-refractivity contribution >= 4 is 45.2 Å². The fourth-order valence-electron chi connectivity index (χ4n) is 3.34. The van der Waals surface area contributed by atoms with Crippen LogP contribution in [0.15, 0.2) is 22.7 Å². The van der Waals surface area contributed by atoms with Crippen molar-refractivity contribution in [3.05, 3.63) is 27.7 Å². The Bertz CT molecular complexity index is 610. The Balaban J connectivity index is 1.77. The zero-order valence-corrected chi connectivity index (χ0v) is 13.4. The second-order valence-corrected chi connectivity index (χ2v) is 6.73. The third-order valence-corrected chi connectivity index (χ3v) is 5.19. The van der Waals surface area contributed by atoms with Crippen LogP contribution in [0, 0.1) is 5.92 Å². The predicted molar refractivity (Wildman–Crippen MR) is 82.6 cm³/mol. The topological polar surface area (TPSA) is 69.6 Å². The molecule has 2 bridgehead atoms. The number of carboxylic acids is 1. The lowest BCUT2D eigenvalue weighted by atomic mass is 9.89.